The Morgan fingerprint density at radius 2 is 1.17 bits per heavy atom. The van der Waals surface area contributed by atoms with Gasteiger partial charge in [0.2, 0.25) is 23.3 Å². The number of alkyl halides is 3. The summed E-state index contributed by atoms with van der Waals surface area (Å²) in [4.78, 5) is 26.2. The average molecular weight is 987 g/mol. The van der Waals surface area contributed by atoms with E-state index in [0.29, 0.717) is 16.7 Å². The summed E-state index contributed by atoms with van der Waals surface area (Å²) >= 11 is 0. The van der Waals surface area contributed by atoms with Gasteiger partial charge in [-0.25, -0.2) is 27.5 Å². The summed E-state index contributed by atoms with van der Waals surface area (Å²) in [6, 6.07) is 20.9. The number of nitrogens with one attached hydrogen (secondary N) is 1. The highest BCUT2D eigenvalue weighted by molar-refractivity contribution is 5.86. The normalized spacial score (nSPS) is 11.3. The molecule has 0 saturated heterocycles. The van der Waals surface area contributed by atoms with Gasteiger partial charge in [-0.05, 0) is 74.4 Å². The number of carbonyl (C=O) groups is 1. The van der Waals surface area contributed by atoms with Crippen LogP contribution in [0.2, 0.25) is 0 Å². The zero-order chi connectivity index (χ0) is 51.4. The number of pyridine rings is 4. The van der Waals surface area contributed by atoms with E-state index in [2.05, 4.69) is 30.0 Å². The number of nitrogens with two attached hydrogens (primary N) is 1. The first-order chi connectivity index (χ1) is 33.2. The maximum Gasteiger partial charge on any atom is 0.422 e. The van der Waals surface area contributed by atoms with Crippen molar-refractivity contribution in [3.8, 4) is 23.0 Å². The van der Waals surface area contributed by atoms with Gasteiger partial charge >= 0.3 is 6.18 Å². The molecule has 4 aromatic heterocycles. The van der Waals surface area contributed by atoms with Crippen LogP contribution < -0.4 is 20.5 Å². The molecule has 8 aromatic rings. The van der Waals surface area contributed by atoms with Gasteiger partial charge in [-0.3, -0.25) is 14.8 Å². The molecule has 22 heteroatoms. The van der Waals surface area contributed by atoms with Crippen LogP contribution in [-0.2, 0) is 0 Å². The Morgan fingerprint density at radius 1 is 0.643 bits per heavy atom. The number of aromatic nitrogens is 4. The number of rotatable bonds is 9. The molecule has 11 nitrogen and oxygen atoms in total. The number of ether oxygens (including phenoxy) is 2. The van der Waals surface area contributed by atoms with E-state index in [-0.39, 0.29) is 29.3 Å². The molecule has 0 spiro atoms. The summed E-state index contributed by atoms with van der Waals surface area (Å²) in [5.41, 5.74) is 5.51. The number of nitrogens with zero attached hydrogens (tertiary/aromatic N) is 4. The van der Waals surface area contributed by atoms with Crippen molar-refractivity contribution in [1.82, 2.24) is 19.9 Å². The maximum atomic E-state index is 15.2. The molecule has 0 aliphatic heterocycles. The minimum absolute atomic E-state index is 0.0507. The molecule has 4 heterocycles. The first-order valence-corrected chi connectivity index (χ1v) is 20.1. The molecule has 0 fully saturated rings. The molecule has 5 N–H and O–H groups in total. The van der Waals surface area contributed by atoms with Crippen molar-refractivity contribution < 1.29 is 72.8 Å². The number of carbonyl (C=O) groups excluding carboxylic acids is 1. The highest BCUT2D eigenvalue weighted by Gasteiger charge is 2.35. The Labute approximate surface area is 390 Å². The molecule has 0 aliphatic rings. The van der Waals surface area contributed by atoms with Crippen molar-refractivity contribution in [3.05, 3.63) is 178 Å². The SMILES string of the molecule is CCOc1c(F)c(F)c(C(Nc2cc(C)ccn2)c2ccc3cccnc3c2O)c(F)c1F.Cc1ccnc(N)c1.O=Cc1c(F)c(F)c(OCC(F)(F)F)c(F)c1F.Oc1cccc2cccnc12. The number of phenolic OH excluding ortho intramolecular Hbond substituents is 2. The number of halogens is 11. The number of benzene rings is 4. The second-order valence-corrected chi connectivity index (χ2v) is 14.4. The molecule has 8 rings (SSSR count). The summed E-state index contributed by atoms with van der Waals surface area (Å²) in [5.74, 6) is -17.7. The lowest BCUT2D eigenvalue weighted by molar-refractivity contribution is -0.154. The number of anilines is 2. The summed E-state index contributed by atoms with van der Waals surface area (Å²) < 4.78 is 155. The molecule has 366 valence electrons. The number of fused-ring (bicyclic) bond motifs is 2. The molecule has 0 radical (unpaired) electrons. The van der Waals surface area contributed by atoms with Crippen LogP contribution in [0.5, 0.6) is 23.0 Å². The number of hydrogen-bond donors (Lipinski definition) is 4. The van der Waals surface area contributed by atoms with Crippen molar-refractivity contribution in [2.45, 2.75) is 33.0 Å². The number of para-hydroxylation sites is 1. The van der Waals surface area contributed by atoms with Crippen LogP contribution >= 0.6 is 0 Å². The molecule has 0 aliphatic carbocycles. The second kappa shape index (κ2) is 23.1. The predicted molar refractivity (Wildman–Crippen MR) is 235 cm³/mol. The van der Waals surface area contributed by atoms with Gasteiger partial charge in [0.25, 0.3) is 0 Å². The monoisotopic (exact) mass is 986 g/mol. The van der Waals surface area contributed by atoms with Gasteiger partial charge in [0.1, 0.15) is 34.2 Å². The Morgan fingerprint density at radius 3 is 1.69 bits per heavy atom. The summed E-state index contributed by atoms with van der Waals surface area (Å²) in [7, 11) is 0. The van der Waals surface area contributed by atoms with Gasteiger partial charge in [-0.1, -0.05) is 36.4 Å². The van der Waals surface area contributed by atoms with Crippen molar-refractivity contribution >= 4 is 39.7 Å². The number of hydrogen-bond acceptors (Lipinski definition) is 11. The molecule has 0 saturated carbocycles. The molecule has 70 heavy (non-hydrogen) atoms. The predicted octanol–water partition coefficient (Wildman–Crippen LogP) is 11.7. The zero-order valence-corrected chi connectivity index (χ0v) is 36.5. The highest BCUT2D eigenvalue weighted by atomic mass is 19.4. The van der Waals surface area contributed by atoms with E-state index in [9.17, 15) is 54.5 Å². The molecular weight excluding hydrogens is 950 g/mol. The van der Waals surface area contributed by atoms with Crippen LogP contribution in [0.3, 0.4) is 0 Å². The van der Waals surface area contributed by atoms with E-state index in [1.54, 1.807) is 61.8 Å². The lowest BCUT2D eigenvalue weighted by Crippen LogP contribution is -2.21. The van der Waals surface area contributed by atoms with Gasteiger partial charge in [0.05, 0.1) is 23.8 Å². The number of aldehydes is 1. The fourth-order valence-corrected chi connectivity index (χ4v) is 6.26. The van der Waals surface area contributed by atoms with E-state index in [1.165, 1.54) is 25.4 Å². The van der Waals surface area contributed by atoms with Crippen molar-refractivity contribution in [2.24, 2.45) is 0 Å². The van der Waals surface area contributed by atoms with Crippen molar-refractivity contribution in [3.63, 3.8) is 0 Å². The number of phenols is 2. The standard InChI is InChI=1S/C24H19F4N3O2.C9H3F7O2.C9H7NO.C6H8N2/c1-3-33-24-19(27)17(25)16(18(26)20(24)28)22(31-15-11-12(2)8-10-29-15)14-7-6-13-5-4-9-30-21(13)23(14)32;10-4-3(1-17)5(11)7(13)8(6(4)12)18-2-9(14,15)16;11-8-5-1-3-7-4-2-6-10-9(7)8;1-5-2-3-8-6(7)4-5/h4-11,22,32H,3H2,1-2H3,(H,29,31);1H,2H2;1-6,11H;2-4H,1H3,(H2,7,8). The second-order valence-electron chi connectivity index (χ2n) is 14.4. The van der Waals surface area contributed by atoms with Gasteiger partial charge in [-0.15, -0.1) is 0 Å². The van der Waals surface area contributed by atoms with Crippen molar-refractivity contribution in [2.75, 3.05) is 24.3 Å². The lowest BCUT2D eigenvalue weighted by atomic mass is 9.94. The molecular formula is C48H37F11N6O5. The van der Waals surface area contributed by atoms with Crippen molar-refractivity contribution in [1.29, 1.82) is 0 Å². The van der Waals surface area contributed by atoms with Gasteiger partial charge in [-0.2, -0.15) is 30.7 Å². The molecule has 1 atom stereocenters. The smallest absolute Gasteiger partial charge is 0.422 e. The van der Waals surface area contributed by atoms with Crippen LogP contribution in [0, 0.1) is 60.4 Å². The van der Waals surface area contributed by atoms with E-state index in [1.807, 2.05) is 37.3 Å². The number of aryl methyl sites for hydroxylation is 2. The number of aromatic hydroxyl groups is 2. The van der Waals surface area contributed by atoms with Gasteiger partial charge < -0.3 is 30.7 Å². The minimum atomic E-state index is -4.95. The van der Waals surface area contributed by atoms with Gasteiger partial charge in [0, 0.05) is 41.1 Å². The molecule has 1 unspecified atom stereocenters. The fourth-order valence-electron chi connectivity index (χ4n) is 6.26. The van der Waals surface area contributed by atoms with E-state index < -0.39 is 100 Å². The van der Waals surface area contributed by atoms with Crippen LogP contribution in [0.4, 0.5) is 59.9 Å². The lowest BCUT2D eigenvalue weighted by Gasteiger charge is -2.24. The first-order valence-electron chi connectivity index (χ1n) is 20.1. The third-order valence-electron chi connectivity index (χ3n) is 9.44. The Hall–Kier alpha value is -8.30. The van der Waals surface area contributed by atoms with Crippen LogP contribution in [0.1, 0.15) is 45.6 Å². The first kappa shape index (κ1) is 52.7. The molecule has 4 aromatic carbocycles. The van der Waals surface area contributed by atoms with E-state index in [4.69, 9.17) is 10.5 Å². The van der Waals surface area contributed by atoms with Crippen LogP contribution in [0.15, 0.2) is 104 Å². The summed E-state index contributed by atoms with van der Waals surface area (Å²) in [6.45, 7) is 2.85. The molecule has 0 bridgehead atoms. The summed E-state index contributed by atoms with van der Waals surface area (Å²) in [6.07, 6.45) is 0.808. The third-order valence-corrected chi connectivity index (χ3v) is 9.44. The Balaban J connectivity index is 0.000000204. The summed E-state index contributed by atoms with van der Waals surface area (Å²) in [5, 5.41) is 24.5. The largest absolute Gasteiger partial charge is 0.506 e. The fraction of sp³-hybridized carbons (Fsp3) is 0.146. The van der Waals surface area contributed by atoms with E-state index in [0.717, 1.165) is 16.5 Å². The third kappa shape index (κ3) is 12.6. The minimum Gasteiger partial charge on any atom is -0.506 e. The average Bonchev–Trinajstić information content (AvgIpc) is 3.32. The zero-order valence-electron chi connectivity index (χ0n) is 36.5. The maximum absolute atomic E-state index is 15.2. The Kier molecular flexibility index (Phi) is 17.4. The Bertz CT molecular complexity index is 3070. The topological polar surface area (TPSA) is 166 Å². The highest BCUT2D eigenvalue weighted by Crippen LogP contribution is 2.41. The van der Waals surface area contributed by atoms with E-state index >= 15 is 8.78 Å². The molecule has 0 amide bonds. The van der Waals surface area contributed by atoms with Crippen LogP contribution in [0.25, 0.3) is 21.8 Å². The quantitative estimate of drug-likeness (QED) is 0.0618. The number of nitrogen functional groups attached to an aromatic ring is 1. The van der Waals surface area contributed by atoms with Crippen LogP contribution in [-0.4, -0.2) is 55.8 Å². The van der Waals surface area contributed by atoms with Gasteiger partial charge in [0.15, 0.2) is 47.7 Å².